The van der Waals surface area contributed by atoms with E-state index in [1.807, 2.05) is 0 Å². The average Bonchev–Trinajstić information content (AvgIpc) is 2.90. The second-order valence-corrected chi connectivity index (χ2v) is 6.25. The van der Waals surface area contributed by atoms with Crippen LogP contribution in [0, 0.1) is 16.0 Å². The zero-order valence-corrected chi connectivity index (χ0v) is 13.4. The van der Waals surface area contributed by atoms with Crippen molar-refractivity contribution in [2.75, 3.05) is 26.2 Å². The van der Waals surface area contributed by atoms with Crippen LogP contribution in [0.3, 0.4) is 0 Å². The minimum absolute atomic E-state index is 0.0527. The molecule has 0 saturated carbocycles. The van der Waals surface area contributed by atoms with E-state index in [0.29, 0.717) is 23.6 Å². The summed E-state index contributed by atoms with van der Waals surface area (Å²) in [4.78, 5) is 24.7. The summed E-state index contributed by atoms with van der Waals surface area (Å²) < 4.78 is 6.61. The van der Waals surface area contributed by atoms with Gasteiger partial charge in [-0.05, 0) is 50.9 Å². The molecule has 1 aliphatic rings. The molecule has 1 aromatic heterocycles. The van der Waals surface area contributed by atoms with Crippen molar-refractivity contribution in [1.82, 2.24) is 9.47 Å². The van der Waals surface area contributed by atoms with Crippen molar-refractivity contribution in [2.24, 2.45) is 5.92 Å². The largest absolute Gasteiger partial charge is 0.419 e. The normalized spacial score (nSPS) is 16.7. The van der Waals surface area contributed by atoms with E-state index in [1.165, 1.54) is 22.8 Å². The molecule has 2 aromatic rings. The second-order valence-electron chi connectivity index (χ2n) is 6.25. The minimum atomic E-state index is -0.482. The molecule has 0 radical (unpaired) electrons. The SMILES string of the molecule is O=c1oc2ccc([N+](=O)[O-])cc2n1CCCN1CCC(CO)CC1. The lowest BCUT2D eigenvalue weighted by molar-refractivity contribution is -0.384. The van der Waals surface area contributed by atoms with Crippen LogP contribution in [-0.4, -0.2) is 45.7 Å². The molecular weight excluding hydrogens is 314 g/mol. The number of benzene rings is 1. The van der Waals surface area contributed by atoms with Crippen LogP contribution in [0.25, 0.3) is 11.1 Å². The summed E-state index contributed by atoms with van der Waals surface area (Å²) in [7, 11) is 0. The van der Waals surface area contributed by atoms with Crippen LogP contribution in [-0.2, 0) is 6.54 Å². The molecule has 1 aliphatic heterocycles. The number of piperidine rings is 1. The number of rotatable bonds is 6. The number of likely N-dealkylation sites (tertiary alicyclic amines) is 1. The summed E-state index contributed by atoms with van der Waals surface area (Å²) in [6, 6.07) is 4.18. The fourth-order valence-corrected chi connectivity index (χ4v) is 3.22. The van der Waals surface area contributed by atoms with Gasteiger partial charge in [0, 0.05) is 25.3 Å². The first kappa shape index (κ1) is 16.7. The number of nitro groups is 1. The van der Waals surface area contributed by atoms with Gasteiger partial charge in [0.05, 0.1) is 10.4 Å². The van der Waals surface area contributed by atoms with Gasteiger partial charge in [-0.15, -0.1) is 0 Å². The van der Waals surface area contributed by atoms with Gasteiger partial charge in [-0.2, -0.15) is 0 Å². The molecule has 2 heterocycles. The van der Waals surface area contributed by atoms with Gasteiger partial charge in [0.25, 0.3) is 5.69 Å². The Kier molecular flexibility index (Phi) is 4.96. The minimum Gasteiger partial charge on any atom is -0.408 e. The van der Waals surface area contributed by atoms with Crippen molar-refractivity contribution in [2.45, 2.75) is 25.8 Å². The molecule has 8 nitrogen and oxygen atoms in total. The third-order valence-electron chi connectivity index (χ3n) is 4.68. The van der Waals surface area contributed by atoms with Gasteiger partial charge in [0.2, 0.25) is 0 Å². The van der Waals surface area contributed by atoms with Gasteiger partial charge >= 0.3 is 5.76 Å². The van der Waals surface area contributed by atoms with Crippen molar-refractivity contribution in [1.29, 1.82) is 0 Å². The molecule has 130 valence electrons. The van der Waals surface area contributed by atoms with Gasteiger partial charge in [-0.1, -0.05) is 0 Å². The van der Waals surface area contributed by atoms with Crippen LogP contribution >= 0.6 is 0 Å². The van der Waals surface area contributed by atoms with Gasteiger partial charge in [-0.3, -0.25) is 14.7 Å². The first-order valence-corrected chi connectivity index (χ1v) is 8.19. The number of non-ortho nitro benzene ring substituents is 1. The summed E-state index contributed by atoms with van der Waals surface area (Å²) in [5.74, 6) is -0.0771. The third kappa shape index (κ3) is 3.49. The molecule has 1 fully saturated rings. The molecule has 24 heavy (non-hydrogen) atoms. The number of aromatic nitrogens is 1. The van der Waals surface area contributed by atoms with Crippen LogP contribution in [0.15, 0.2) is 27.4 Å². The van der Waals surface area contributed by atoms with Crippen molar-refractivity contribution >= 4 is 16.8 Å². The summed E-state index contributed by atoms with van der Waals surface area (Å²) in [6.45, 7) is 3.48. The van der Waals surface area contributed by atoms with Crippen molar-refractivity contribution < 1.29 is 14.4 Å². The molecule has 0 amide bonds. The molecule has 0 aliphatic carbocycles. The van der Waals surface area contributed by atoms with E-state index in [9.17, 15) is 14.9 Å². The Morgan fingerprint density at radius 3 is 2.71 bits per heavy atom. The monoisotopic (exact) mass is 335 g/mol. The lowest BCUT2D eigenvalue weighted by atomic mass is 9.98. The smallest absolute Gasteiger partial charge is 0.408 e. The Morgan fingerprint density at radius 2 is 2.04 bits per heavy atom. The standard InChI is InChI=1S/C16H21N3O5/c20-11-12-4-8-17(9-5-12)6-1-7-18-14-10-13(19(22)23)2-3-15(14)24-16(18)21/h2-3,10,12,20H,1,4-9,11H2. The van der Waals surface area contributed by atoms with E-state index in [-0.39, 0.29) is 12.3 Å². The maximum atomic E-state index is 12.0. The first-order valence-electron chi connectivity index (χ1n) is 8.19. The highest BCUT2D eigenvalue weighted by atomic mass is 16.6. The molecule has 3 rings (SSSR count). The summed E-state index contributed by atoms with van der Waals surface area (Å²) in [5.41, 5.74) is 0.783. The number of hydrogen-bond donors (Lipinski definition) is 1. The molecule has 0 spiro atoms. The fourth-order valence-electron chi connectivity index (χ4n) is 3.22. The third-order valence-corrected chi connectivity index (χ3v) is 4.68. The van der Waals surface area contributed by atoms with Gasteiger partial charge < -0.3 is 14.4 Å². The van der Waals surface area contributed by atoms with Crippen molar-refractivity contribution in [3.63, 3.8) is 0 Å². The van der Waals surface area contributed by atoms with Crippen LogP contribution in [0.4, 0.5) is 5.69 Å². The fraction of sp³-hybridized carbons (Fsp3) is 0.562. The molecule has 0 atom stereocenters. The Hall–Kier alpha value is -2.19. The predicted molar refractivity (Wildman–Crippen MR) is 88.0 cm³/mol. The van der Waals surface area contributed by atoms with E-state index in [0.717, 1.165) is 38.9 Å². The first-order chi connectivity index (χ1) is 11.6. The molecule has 0 bridgehead atoms. The number of nitrogens with zero attached hydrogens (tertiary/aromatic N) is 3. The predicted octanol–water partition coefficient (Wildman–Crippen LogP) is 1.60. The van der Waals surface area contributed by atoms with Gasteiger partial charge in [0.1, 0.15) is 0 Å². The van der Waals surface area contributed by atoms with E-state index >= 15 is 0 Å². The number of oxazole rings is 1. The Bertz CT molecular complexity index is 774. The average molecular weight is 335 g/mol. The maximum Gasteiger partial charge on any atom is 0.419 e. The Balaban J connectivity index is 1.65. The number of aliphatic hydroxyl groups is 1. The molecule has 1 N–H and O–H groups in total. The number of aryl methyl sites for hydroxylation is 1. The second kappa shape index (κ2) is 7.14. The highest BCUT2D eigenvalue weighted by Gasteiger charge is 2.18. The van der Waals surface area contributed by atoms with Crippen LogP contribution < -0.4 is 5.76 Å². The highest BCUT2D eigenvalue weighted by molar-refractivity contribution is 5.75. The Labute approximate surface area is 138 Å². The lowest BCUT2D eigenvalue weighted by Gasteiger charge is -2.30. The number of nitro benzene ring substituents is 1. The van der Waals surface area contributed by atoms with Gasteiger partial charge in [0.15, 0.2) is 5.58 Å². The number of aliphatic hydroxyl groups excluding tert-OH is 1. The van der Waals surface area contributed by atoms with E-state index in [2.05, 4.69) is 4.90 Å². The summed E-state index contributed by atoms with van der Waals surface area (Å²) in [6.07, 6.45) is 2.76. The maximum absolute atomic E-state index is 12.0. The number of hydrogen-bond acceptors (Lipinski definition) is 6. The van der Waals surface area contributed by atoms with Crippen LogP contribution in [0.5, 0.6) is 0 Å². The number of fused-ring (bicyclic) bond motifs is 1. The molecule has 8 heteroatoms. The van der Waals surface area contributed by atoms with Crippen molar-refractivity contribution in [3.05, 3.63) is 38.9 Å². The highest BCUT2D eigenvalue weighted by Crippen LogP contribution is 2.21. The molecule has 1 saturated heterocycles. The van der Waals surface area contributed by atoms with E-state index in [4.69, 9.17) is 9.52 Å². The summed E-state index contributed by atoms with van der Waals surface area (Å²) in [5, 5.41) is 20.1. The van der Waals surface area contributed by atoms with Crippen molar-refractivity contribution in [3.8, 4) is 0 Å². The van der Waals surface area contributed by atoms with Crippen LogP contribution in [0.1, 0.15) is 19.3 Å². The topological polar surface area (TPSA) is 102 Å². The quantitative estimate of drug-likeness (QED) is 0.635. The molecule has 1 aromatic carbocycles. The molecule has 0 unspecified atom stereocenters. The Morgan fingerprint density at radius 1 is 1.29 bits per heavy atom. The van der Waals surface area contributed by atoms with E-state index in [1.54, 1.807) is 0 Å². The zero-order valence-electron chi connectivity index (χ0n) is 13.4. The van der Waals surface area contributed by atoms with Crippen LogP contribution in [0.2, 0.25) is 0 Å². The molecular formula is C16H21N3O5. The lowest BCUT2D eigenvalue weighted by Crippen LogP contribution is -2.35. The van der Waals surface area contributed by atoms with Gasteiger partial charge in [-0.25, -0.2) is 4.79 Å². The zero-order chi connectivity index (χ0) is 17.1. The summed E-state index contributed by atoms with van der Waals surface area (Å²) >= 11 is 0. The van der Waals surface area contributed by atoms with E-state index < -0.39 is 10.7 Å².